The number of carbonyl (C=O) groups is 1. The van der Waals surface area contributed by atoms with Gasteiger partial charge in [0.1, 0.15) is 11.9 Å². The molecule has 1 aromatic carbocycles. The number of aryl methyl sites for hydroxylation is 1. The summed E-state index contributed by atoms with van der Waals surface area (Å²) in [4.78, 5) is 16.2. The largest absolute Gasteiger partial charge is 0.316 e. The van der Waals surface area contributed by atoms with Gasteiger partial charge in [-0.05, 0) is 30.7 Å². The van der Waals surface area contributed by atoms with Crippen LogP contribution in [0.15, 0.2) is 30.3 Å². The van der Waals surface area contributed by atoms with Crippen LogP contribution in [0.25, 0.3) is 0 Å². The average molecular weight is 290 g/mol. The Hall–Kier alpha value is -1.72. The number of amides is 1. The lowest BCUT2D eigenvalue weighted by Crippen LogP contribution is -2.30. The molecule has 2 aromatic rings. The number of benzene rings is 1. The van der Waals surface area contributed by atoms with E-state index in [1.54, 1.807) is 22.3 Å². The summed E-state index contributed by atoms with van der Waals surface area (Å²) in [6.45, 7) is 2.55. The molecule has 0 radical (unpaired) electrons. The van der Waals surface area contributed by atoms with Gasteiger partial charge in [0.15, 0.2) is 0 Å². The number of hydrogen-bond acceptors (Lipinski definition) is 3. The van der Waals surface area contributed by atoms with Gasteiger partial charge in [-0.2, -0.15) is 0 Å². The van der Waals surface area contributed by atoms with Gasteiger partial charge in [-0.25, -0.2) is 4.39 Å². The van der Waals surface area contributed by atoms with Gasteiger partial charge < -0.3 is 10.6 Å². The number of nitrogens with two attached hydrogens (primary N) is 1. The molecule has 2 heterocycles. The predicted molar refractivity (Wildman–Crippen MR) is 78.2 cm³/mol. The molecule has 0 saturated heterocycles. The van der Waals surface area contributed by atoms with Crippen molar-refractivity contribution in [1.29, 1.82) is 0 Å². The van der Waals surface area contributed by atoms with Crippen LogP contribution in [0.1, 0.15) is 28.3 Å². The normalized spacial score (nSPS) is 17.6. The molecule has 0 aliphatic carbocycles. The number of fused-ring (bicyclic) bond motifs is 1. The molecule has 5 heteroatoms. The summed E-state index contributed by atoms with van der Waals surface area (Å²) >= 11 is 1.67. The van der Waals surface area contributed by atoms with Crippen molar-refractivity contribution in [2.45, 2.75) is 25.9 Å². The minimum atomic E-state index is -0.684. The van der Waals surface area contributed by atoms with Crippen LogP contribution < -0.4 is 10.6 Å². The molecule has 1 aliphatic rings. The lowest BCUT2D eigenvalue weighted by atomic mass is 10.1. The molecule has 1 atom stereocenters. The standard InChI is InChI=1S/C15H15FN2OS/c1-2-10-4-5-11(20-10)8-18-13-7-9(16)3-6-12(13)14(17)15(18)19/h3-7,14H,2,8,17H2,1H3. The van der Waals surface area contributed by atoms with Crippen LogP contribution in [-0.4, -0.2) is 5.91 Å². The summed E-state index contributed by atoms with van der Waals surface area (Å²) in [6.07, 6.45) is 0.976. The average Bonchev–Trinajstić information content (AvgIpc) is 2.98. The number of hydrogen-bond donors (Lipinski definition) is 1. The Kier molecular flexibility index (Phi) is 3.31. The Morgan fingerprint density at radius 1 is 1.30 bits per heavy atom. The van der Waals surface area contributed by atoms with Gasteiger partial charge in [0.25, 0.3) is 0 Å². The zero-order valence-corrected chi connectivity index (χ0v) is 11.9. The van der Waals surface area contributed by atoms with Gasteiger partial charge in [-0.15, -0.1) is 11.3 Å². The van der Waals surface area contributed by atoms with E-state index >= 15 is 0 Å². The Bertz CT molecular complexity index is 668. The molecule has 1 aliphatic heterocycles. The monoisotopic (exact) mass is 290 g/mol. The van der Waals surface area contributed by atoms with Gasteiger partial charge in [0.05, 0.1) is 12.2 Å². The highest BCUT2D eigenvalue weighted by atomic mass is 32.1. The van der Waals surface area contributed by atoms with E-state index in [-0.39, 0.29) is 11.7 Å². The number of halogens is 1. The minimum absolute atomic E-state index is 0.169. The Morgan fingerprint density at radius 3 is 2.75 bits per heavy atom. The Balaban J connectivity index is 1.94. The van der Waals surface area contributed by atoms with E-state index in [1.807, 2.05) is 6.07 Å². The van der Waals surface area contributed by atoms with Crippen molar-refractivity contribution in [2.24, 2.45) is 5.73 Å². The fourth-order valence-electron chi connectivity index (χ4n) is 2.45. The third-order valence-electron chi connectivity index (χ3n) is 3.53. The molecule has 3 rings (SSSR count). The number of rotatable bonds is 3. The van der Waals surface area contributed by atoms with Crippen LogP contribution in [0.5, 0.6) is 0 Å². The maximum atomic E-state index is 13.4. The first-order valence-corrected chi connectivity index (χ1v) is 7.35. The number of nitrogens with zero attached hydrogens (tertiary/aromatic N) is 1. The quantitative estimate of drug-likeness (QED) is 0.944. The first kappa shape index (κ1) is 13.3. The third-order valence-corrected chi connectivity index (χ3v) is 4.74. The topological polar surface area (TPSA) is 46.3 Å². The van der Waals surface area contributed by atoms with Crippen molar-refractivity contribution < 1.29 is 9.18 Å². The molecular weight excluding hydrogens is 275 g/mol. The second-order valence-corrected chi connectivity index (χ2v) is 6.08. The lowest BCUT2D eigenvalue weighted by Gasteiger charge is -2.16. The second kappa shape index (κ2) is 5.00. The molecule has 0 saturated carbocycles. The zero-order chi connectivity index (χ0) is 14.3. The van der Waals surface area contributed by atoms with Crippen molar-refractivity contribution in [1.82, 2.24) is 0 Å². The maximum Gasteiger partial charge on any atom is 0.248 e. The fraction of sp³-hybridized carbons (Fsp3) is 0.267. The van der Waals surface area contributed by atoms with E-state index in [4.69, 9.17) is 5.73 Å². The van der Waals surface area contributed by atoms with E-state index < -0.39 is 6.04 Å². The summed E-state index contributed by atoms with van der Waals surface area (Å²) in [7, 11) is 0. The van der Waals surface area contributed by atoms with Gasteiger partial charge in [-0.1, -0.05) is 13.0 Å². The maximum absolute atomic E-state index is 13.4. The van der Waals surface area contributed by atoms with Crippen molar-refractivity contribution in [3.63, 3.8) is 0 Å². The Labute approximate surface area is 120 Å². The molecule has 0 spiro atoms. The predicted octanol–water partition coefficient (Wildman–Crippen LogP) is 3.00. The highest BCUT2D eigenvalue weighted by Gasteiger charge is 2.35. The second-order valence-electron chi connectivity index (χ2n) is 4.83. The summed E-state index contributed by atoms with van der Waals surface area (Å²) in [5.74, 6) is -0.520. The van der Waals surface area contributed by atoms with Crippen molar-refractivity contribution >= 4 is 22.9 Å². The van der Waals surface area contributed by atoms with Gasteiger partial charge in [-0.3, -0.25) is 4.79 Å². The highest BCUT2D eigenvalue weighted by Crippen LogP contribution is 2.36. The van der Waals surface area contributed by atoms with Crippen LogP contribution in [0.2, 0.25) is 0 Å². The molecule has 0 bridgehead atoms. The van der Waals surface area contributed by atoms with Crippen LogP contribution >= 0.6 is 11.3 Å². The van der Waals surface area contributed by atoms with Crippen LogP contribution in [0, 0.1) is 5.82 Å². The molecule has 2 N–H and O–H groups in total. The van der Waals surface area contributed by atoms with Gasteiger partial charge in [0, 0.05) is 15.3 Å². The molecule has 20 heavy (non-hydrogen) atoms. The Morgan fingerprint density at radius 2 is 2.05 bits per heavy atom. The minimum Gasteiger partial charge on any atom is -0.316 e. The van der Waals surface area contributed by atoms with Gasteiger partial charge >= 0.3 is 0 Å². The van der Waals surface area contributed by atoms with Crippen LogP contribution in [0.3, 0.4) is 0 Å². The fourth-order valence-corrected chi connectivity index (χ4v) is 3.40. The first-order chi connectivity index (χ1) is 9.60. The lowest BCUT2D eigenvalue weighted by molar-refractivity contribution is -0.119. The molecule has 3 nitrogen and oxygen atoms in total. The molecule has 0 fully saturated rings. The van der Waals surface area contributed by atoms with Crippen LogP contribution in [-0.2, 0) is 17.8 Å². The number of anilines is 1. The summed E-state index contributed by atoms with van der Waals surface area (Å²) in [5, 5.41) is 0. The van der Waals surface area contributed by atoms with Gasteiger partial charge in [0.2, 0.25) is 5.91 Å². The third kappa shape index (κ3) is 2.13. The van der Waals surface area contributed by atoms with Crippen LogP contribution in [0.4, 0.5) is 10.1 Å². The van der Waals surface area contributed by atoms with E-state index in [2.05, 4.69) is 13.0 Å². The SMILES string of the molecule is CCc1ccc(CN2C(=O)C(N)c3ccc(F)cc32)s1. The van der Waals surface area contributed by atoms with E-state index in [0.717, 1.165) is 11.3 Å². The van der Waals surface area contributed by atoms with E-state index in [0.29, 0.717) is 17.8 Å². The summed E-state index contributed by atoms with van der Waals surface area (Å²) < 4.78 is 13.4. The van der Waals surface area contributed by atoms with Crippen molar-refractivity contribution in [2.75, 3.05) is 4.90 Å². The first-order valence-electron chi connectivity index (χ1n) is 6.54. The molecule has 1 aromatic heterocycles. The smallest absolute Gasteiger partial charge is 0.248 e. The van der Waals surface area contributed by atoms with E-state index in [1.165, 1.54) is 17.0 Å². The number of carbonyl (C=O) groups excluding carboxylic acids is 1. The summed E-state index contributed by atoms with van der Waals surface area (Å²) in [6, 6.07) is 7.71. The molecule has 1 unspecified atom stereocenters. The zero-order valence-electron chi connectivity index (χ0n) is 11.1. The molecule has 104 valence electrons. The summed E-state index contributed by atoms with van der Waals surface area (Å²) in [5.41, 5.74) is 7.19. The van der Waals surface area contributed by atoms with E-state index in [9.17, 15) is 9.18 Å². The highest BCUT2D eigenvalue weighted by molar-refractivity contribution is 7.12. The van der Waals surface area contributed by atoms with Crippen molar-refractivity contribution in [3.8, 4) is 0 Å². The number of thiophene rings is 1. The van der Waals surface area contributed by atoms with Crippen molar-refractivity contribution in [3.05, 3.63) is 51.5 Å². The molecule has 1 amide bonds. The molecular formula is C15H15FN2OS.